The Balaban J connectivity index is 1.65. The van der Waals surface area contributed by atoms with Crippen molar-refractivity contribution in [1.29, 1.82) is 0 Å². The molecule has 2 heterocycles. The molecule has 4 rings (SSSR count). The van der Waals surface area contributed by atoms with Crippen LogP contribution in [0.1, 0.15) is 34.4 Å². The highest BCUT2D eigenvalue weighted by Gasteiger charge is 2.31. The summed E-state index contributed by atoms with van der Waals surface area (Å²) >= 11 is 3.89. The first-order valence-corrected chi connectivity index (χ1v) is 8.29. The van der Waals surface area contributed by atoms with Crippen molar-refractivity contribution in [3.05, 3.63) is 59.2 Å². The normalized spacial score (nSPS) is 23.9. The number of para-hydroxylation sites is 1. The van der Waals surface area contributed by atoms with Gasteiger partial charge in [-0.15, -0.1) is 0 Å². The fourth-order valence-corrected chi connectivity index (χ4v) is 4.00. The van der Waals surface area contributed by atoms with E-state index in [-0.39, 0.29) is 4.83 Å². The molecular weight excluding hydrogens is 328 g/mol. The van der Waals surface area contributed by atoms with Crippen molar-refractivity contribution in [1.82, 2.24) is 0 Å². The first-order valence-electron chi connectivity index (χ1n) is 7.37. The van der Waals surface area contributed by atoms with Crippen molar-refractivity contribution in [3.63, 3.8) is 0 Å². The summed E-state index contributed by atoms with van der Waals surface area (Å²) in [4.78, 5) is 0.266. The maximum Gasteiger partial charge on any atom is 0.123 e. The molecule has 3 heteroatoms. The van der Waals surface area contributed by atoms with Crippen molar-refractivity contribution in [2.24, 2.45) is 0 Å². The van der Waals surface area contributed by atoms with Gasteiger partial charge in [-0.3, -0.25) is 0 Å². The largest absolute Gasteiger partial charge is 0.493 e. The molecule has 0 aromatic heterocycles. The van der Waals surface area contributed by atoms with Gasteiger partial charge in [-0.05, 0) is 30.2 Å². The van der Waals surface area contributed by atoms with Crippen LogP contribution in [0, 0.1) is 0 Å². The molecule has 2 aromatic rings. The fourth-order valence-electron chi connectivity index (χ4n) is 3.28. The van der Waals surface area contributed by atoms with Gasteiger partial charge in [0, 0.05) is 22.7 Å². The molecule has 0 bridgehead atoms. The monoisotopic (exact) mass is 344 g/mol. The summed E-state index contributed by atoms with van der Waals surface area (Å²) in [7, 11) is 0. The molecule has 0 saturated carbocycles. The number of hydrogen-bond donors (Lipinski definition) is 0. The number of ether oxygens (including phenoxy) is 2. The highest BCUT2D eigenvalue weighted by Crippen LogP contribution is 2.46. The number of rotatable bonds is 2. The van der Waals surface area contributed by atoms with Crippen LogP contribution in [-0.4, -0.2) is 12.7 Å². The zero-order valence-electron chi connectivity index (χ0n) is 11.9. The lowest BCUT2D eigenvalue weighted by Gasteiger charge is -2.17. The van der Waals surface area contributed by atoms with Gasteiger partial charge in [-0.25, -0.2) is 0 Å². The minimum absolute atomic E-state index is 0.266. The first kappa shape index (κ1) is 13.2. The summed E-state index contributed by atoms with van der Waals surface area (Å²) in [5.74, 6) is 2.41. The van der Waals surface area contributed by atoms with E-state index in [4.69, 9.17) is 9.47 Å². The highest BCUT2D eigenvalue weighted by molar-refractivity contribution is 9.09. The molecule has 0 spiro atoms. The predicted molar refractivity (Wildman–Crippen MR) is 86.6 cm³/mol. The van der Waals surface area contributed by atoms with Crippen LogP contribution in [0.3, 0.4) is 0 Å². The lowest BCUT2D eigenvalue weighted by atomic mass is 9.92. The minimum Gasteiger partial charge on any atom is -0.493 e. The van der Waals surface area contributed by atoms with E-state index >= 15 is 0 Å². The SMILES string of the molecule is CC1Cc2cc(C(Br)C3COc4ccccc43)ccc2O1. The summed E-state index contributed by atoms with van der Waals surface area (Å²) < 4.78 is 11.6. The second kappa shape index (κ2) is 5.06. The van der Waals surface area contributed by atoms with Crippen LogP contribution < -0.4 is 9.47 Å². The van der Waals surface area contributed by atoms with E-state index in [0.717, 1.165) is 24.5 Å². The van der Waals surface area contributed by atoms with Crippen LogP contribution in [0.5, 0.6) is 11.5 Å². The standard InChI is InChI=1S/C18H17BrO2/c1-11-8-13-9-12(6-7-16(13)21-11)18(19)15-10-20-17-5-3-2-4-14(15)17/h2-7,9,11,15,18H,8,10H2,1H3. The summed E-state index contributed by atoms with van der Waals surface area (Å²) in [6, 6.07) is 14.9. The molecule has 2 nitrogen and oxygen atoms in total. The zero-order chi connectivity index (χ0) is 14.4. The van der Waals surface area contributed by atoms with Crippen LogP contribution in [0.25, 0.3) is 0 Å². The van der Waals surface area contributed by atoms with Crippen LogP contribution >= 0.6 is 15.9 Å². The summed E-state index contributed by atoms with van der Waals surface area (Å²) in [5, 5.41) is 0. The van der Waals surface area contributed by atoms with Crippen molar-refractivity contribution in [2.45, 2.75) is 30.2 Å². The Morgan fingerprint density at radius 2 is 2.00 bits per heavy atom. The molecule has 0 N–H and O–H groups in total. The maximum atomic E-state index is 5.81. The van der Waals surface area contributed by atoms with Crippen LogP contribution in [-0.2, 0) is 6.42 Å². The number of hydrogen-bond acceptors (Lipinski definition) is 2. The van der Waals surface area contributed by atoms with Gasteiger partial charge in [-0.1, -0.05) is 46.3 Å². The molecule has 0 fully saturated rings. The average molecular weight is 345 g/mol. The van der Waals surface area contributed by atoms with E-state index in [1.165, 1.54) is 16.7 Å². The molecular formula is C18H17BrO2. The quantitative estimate of drug-likeness (QED) is 0.740. The molecule has 21 heavy (non-hydrogen) atoms. The molecule has 3 unspecified atom stereocenters. The van der Waals surface area contributed by atoms with Gasteiger partial charge < -0.3 is 9.47 Å². The van der Waals surface area contributed by atoms with Crippen molar-refractivity contribution in [3.8, 4) is 11.5 Å². The lowest BCUT2D eigenvalue weighted by molar-refractivity contribution is 0.254. The molecule has 0 amide bonds. The number of halogens is 1. The van der Waals surface area contributed by atoms with Crippen molar-refractivity contribution in [2.75, 3.05) is 6.61 Å². The van der Waals surface area contributed by atoms with E-state index in [2.05, 4.69) is 53.2 Å². The van der Waals surface area contributed by atoms with Gasteiger partial charge in [0.15, 0.2) is 0 Å². The third kappa shape index (κ3) is 2.24. The van der Waals surface area contributed by atoms with Crippen LogP contribution in [0.4, 0.5) is 0 Å². The Morgan fingerprint density at radius 3 is 2.90 bits per heavy atom. The number of alkyl halides is 1. The van der Waals surface area contributed by atoms with Gasteiger partial charge in [-0.2, -0.15) is 0 Å². The fraction of sp³-hybridized carbons (Fsp3) is 0.333. The van der Waals surface area contributed by atoms with E-state index in [1.807, 2.05) is 12.1 Å². The highest BCUT2D eigenvalue weighted by atomic mass is 79.9. The summed E-state index contributed by atoms with van der Waals surface area (Å²) in [6.45, 7) is 2.85. The lowest BCUT2D eigenvalue weighted by Crippen LogP contribution is -2.08. The Morgan fingerprint density at radius 1 is 1.14 bits per heavy atom. The number of fused-ring (bicyclic) bond motifs is 2. The van der Waals surface area contributed by atoms with Crippen LogP contribution in [0.2, 0.25) is 0 Å². The van der Waals surface area contributed by atoms with Crippen molar-refractivity contribution >= 4 is 15.9 Å². The molecule has 2 aliphatic rings. The van der Waals surface area contributed by atoms with E-state index in [0.29, 0.717) is 12.0 Å². The molecule has 0 radical (unpaired) electrons. The molecule has 2 aromatic carbocycles. The maximum absolute atomic E-state index is 5.81. The smallest absolute Gasteiger partial charge is 0.123 e. The molecule has 2 aliphatic heterocycles. The van der Waals surface area contributed by atoms with Gasteiger partial charge in [0.2, 0.25) is 0 Å². The first-order chi connectivity index (χ1) is 10.2. The summed E-state index contributed by atoms with van der Waals surface area (Å²) in [6.07, 6.45) is 1.29. The second-order valence-corrected chi connectivity index (χ2v) is 6.84. The summed E-state index contributed by atoms with van der Waals surface area (Å²) in [5.41, 5.74) is 3.91. The third-order valence-electron chi connectivity index (χ3n) is 4.33. The van der Waals surface area contributed by atoms with E-state index in [1.54, 1.807) is 0 Å². The van der Waals surface area contributed by atoms with Crippen LogP contribution in [0.15, 0.2) is 42.5 Å². The Kier molecular flexibility index (Phi) is 3.18. The molecule has 108 valence electrons. The topological polar surface area (TPSA) is 18.5 Å². The third-order valence-corrected chi connectivity index (χ3v) is 5.50. The minimum atomic E-state index is 0.266. The Hall–Kier alpha value is -1.48. The predicted octanol–water partition coefficient (Wildman–Crippen LogP) is 4.62. The van der Waals surface area contributed by atoms with E-state index in [9.17, 15) is 0 Å². The van der Waals surface area contributed by atoms with Crippen molar-refractivity contribution < 1.29 is 9.47 Å². The molecule has 3 atom stereocenters. The van der Waals surface area contributed by atoms with Gasteiger partial charge in [0.1, 0.15) is 17.6 Å². The number of benzene rings is 2. The molecule has 0 saturated heterocycles. The molecule has 0 aliphatic carbocycles. The van der Waals surface area contributed by atoms with E-state index < -0.39 is 0 Å². The van der Waals surface area contributed by atoms with Gasteiger partial charge >= 0.3 is 0 Å². The second-order valence-electron chi connectivity index (χ2n) is 5.86. The average Bonchev–Trinajstić information content (AvgIpc) is 3.07. The van der Waals surface area contributed by atoms with Gasteiger partial charge in [0.05, 0.1) is 6.61 Å². The Bertz CT molecular complexity index is 683. The Labute approximate surface area is 133 Å². The zero-order valence-corrected chi connectivity index (χ0v) is 13.5. The van der Waals surface area contributed by atoms with Gasteiger partial charge in [0.25, 0.3) is 0 Å².